The summed E-state index contributed by atoms with van der Waals surface area (Å²) in [5.41, 5.74) is 5.32. The van der Waals surface area contributed by atoms with Crippen molar-refractivity contribution in [2.45, 2.75) is 40.2 Å². The molecule has 0 saturated carbocycles. The van der Waals surface area contributed by atoms with Crippen molar-refractivity contribution in [1.29, 1.82) is 0 Å². The summed E-state index contributed by atoms with van der Waals surface area (Å²) in [5, 5.41) is 0. The van der Waals surface area contributed by atoms with Crippen molar-refractivity contribution >= 4 is 40.5 Å². The van der Waals surface area contributed by atoms with Crippen LogP contribution in [0.2, 0.25) is 0 Å². The van der Waals surface area contributed by atoms with Crippen molar-refractivity contribution in [2.75, 3.05) is 6.61 Å². The number of carbonyl (C=O) groups excluding carboxylic acids is 1. The first kappa shape index (κ1) is 25.0. The quantitative estimate of drug-likeness (QED) is 0.163. The van der Waals surface area contributed by atoms with Crippen LogP contribution in [0.25, 0.3) is 6.08 Å². The van der Waals surface area contributed by atoms with Crippen molar-refractivity contribution < 1.29 is 19.0 Å². The van der Waals surface area contributed by atoms with Crippen molar-refractivity contribution in [1.82, 2.24) is 0 Å². The topological polar surface area (TPSA) is 57.1 Å². The average molecular weight is 581 g/mol. The highest BCUT2D eigenvalue weighted by molar-refractivity contribution is 14.1. The lowest BCUT2D eigenvalue weighted by Crippen LogP contribution is -2.05. The second kappa shape index (κ2) is 11.1. The summed E-state index contributed by atoms with van der Waals surface area (Å²) < 4.78 is 18.3. The minimum atomic E-state index is -0.472. The third-order valence-corrected chi connectivity index (χ3v) is 6.38. The van der Waals surface area contributed by atoms with Crippen LogP contribution >= 0.6 is 22.6 Å². The summed E-state index contributed by atoms with van der Waals surface area (Å²) in [5.74, 6) is 1.57. The van der Waals surface area contributed by atoms with Gasteiger partial charge in [-0.15, -0.1) is 0 Å². The van der Waals surface area contributed by atoms with Crippen LogP contribution < -0.4 is 9.47 Å². The number of hydrogen-bond acceptors (Lipinski definition) is 5. The minimum Gasteiger partial charge on any atom is -0.490 e. The van der Waals surface area contributed by atoms with E-state index in [1.165, 1.54) is 11.1 Å². The van der Waals surface area contributed by atoms with Gasteiger partial charge in [0.15, 0.2) is 17.2 Å². The zero-order valence-corrected chi connectivity index (χ0v) is 22.5. The Labute approximate surface area is 220 Å². The Bertz CT molecular complexity index is 1280. The standard InChI is InChI=1S/C29H28INO4/c1-5-33-26-16-21(14-24(30)27(26)34-17-20-8-6-19(4)7-9-20)15-25-29(32)35-28(31-25)23-12-10-22(11-13-23)18(2)3/h6-16,18H,5,17H2,1-4H3/b25-15-. The maximum atomic E-state index is 12.5. The Morgan fingerprint density at radius 1 is 1.03 bits per heavy atom. The predicted octanol–water partition coefficient (Wildman–Crippen LogP) is 7.05. The molecule has 4 rings (SSSR count). The van der Waals surface area contributed by atoms with Crippen LogP contribution in [0.5, 0.6) is 11.5 Å². The molecule has 5 nitrogen and oxygen atoms in total. The maximum absolute atomic E-state index is 12.5. The molecule has 6 heteroatoms. The molecule has 3 aromatic rings. The predicted molar refractivity (Wildman–Crippen MR) is 147 cm³/mol. The minimum absolute atomic E-state index is 0.250. The van der Waals surface area contributed by atoms with E-state index in [4.69, 9.17) is 14.2 Å². The van der Waals surface area contributed by atoms with Crippen LogP contribution in [-0.2, 0) is 16.1 Å². The van der Waals surface area contributed by atoms with Crippen LogP contribution in [-0.4, -0.2) is 18.5 Å². The van der Waals surface area contributed by atoms with Gasteiger partial charge in [0.05, 0.1) is 10.2 Å². The SMILES string of the molecule is CCOc1cc(/C=C2\N=C(c3ccc(C(C)C)cc3)OC2=O)cc(I)c1OCc1ccc(C)cc1. The number of hydrogen-bond donors (Lipinski definition) is 0. The molecule has 0 N–H and O–H groups in total. The molecule has 1 heterocycles. The fraction of sp³-hybridized carbons (Fsp3) is 0.241. The number of halogens is 1. The summed E-state index contributed by atoms with van der Waals surface area (Å²) >= 11 is 2.23. The van der Waals surface area contributed by atoms with Crippen LogP contribution in [0.15, 0.2) is 71.4 Å². The molecule has 180 valence electrons. The van der Waals surface area contributed by atoms with E-state index in [1.54, 1.807) is 6.08 Å². The van der Waals surface area contributed by atoms with E-state index in [2.05, 4.69) is 72.6 Å². The molecule has 0 unspecified atom stereocenters. The van der Waals surface area contributed by atoms with Gasteiger partial charge < -0.3 is 14.2 Å². The second-order valence-corrected chi connectivity index (χ2v) is 9.81. The Morgan fingerprint density at radius 2 is 1.74 bits per heavy atom. The number of cyclic esters (lactones) is 1. The highest BCUT2D eigenvalue weighted by Gasteiger charge is 2.24. The summed E-state index contributed by atoms with van der Waals surface area (Å²) in [6.07, 6.45) is 1.71. The van der Waals surface area contributed by atoms with Crippen molar-refractivity contribution in [3.63, 3.8) is 0 Å². The van der Waals surface area contributed by atoms with Crippen LogP contribution in [0, 0.1) is 10.5 Å². The third-order valence-electron chi connectivity index (χ3n) is 5.58. The molecule has 3 aromatic carbocycles. The highest BCUT2D eigenvalue weighted by atomic mass is 127. The number of nitrogens with zero attached hydrogens (tertiary/aromatic N) is 1. The van der Waals surface area contributed by atoms with E-state index in [0.717, 1.165) is 20.3 Å². The van der Waals surface area contributed by atoms with Crippen molar-refractivity contribution in [3.8, 4) is 11.5 Å². The first-order chi connectivity index (χ1) is 16.8. The number of aryl methyl sites for hydroxylation is 1. The van der Waals surface area contributed by atoms with Gasteiger partial charge in [0.2, 0.25) is 5.90 Å². The molecule has 0 fully saturated rings. The van der Waals surface area contributed by atoms with Gasteiger partial charge in [0.1, 0.15) is 6.61 Å². The van der Waals surface area contributed by atoms with Gasteiger partial charge in [-0.25, -0.2) is 9.79 Å². The van der Waals surface area contributed by atoms with Crippen LogP contribution in [0.1, 0.15) is 54.5 Å². The number of esters is 1. The first-order valence-electron chi connectivity index (χ1n) is 11.6. The summed E-state index contributed by atoms with van der Waals surface area (Å²) in [7, 11) is 0. The lowest BCUT2D eigenvalue weighted by atomic mass is 10.0. The number of aliphatic imine (C=N–C) groups is 1. The molecule has 1 aliphatic heterocycles. The molecule has 0 aliphatic carbocycles. The number of benzene rings is 3. The van der Waals surface area contributed by atoms with Gasteiger partial charge in [-0.3, -0.25) is 0 Å². The number of ether oxygens (including phenoxy) is 3. The Kier molecular flexibility index (Phi) is 7.90. The van der Waals surface area contributed by atoms with Crippen molar-refractivity contribution in [3.05, 3.63) is 97.7 Å². The Hall–Kier alpha value is -3.13. The fourth-order valence-corrected chi connectivity index (χ4v) is 4.40. The Morgan fingerprint density at radius 3 is 2.40 bits per heavy atom. The number of rotatable bonds is 8. The second-order valence-electron chi connectivity index (χ2n) is 8.65. The Balaban J connectivity index is 1.58. The normalized spacial score (nSPS) is 14.3. The summed E-state index contributed by atoms with van der Waals surface area (Å²) in [4.78, 5) is 17.0. The maximum Gasteiger partial charge on any atom is 0.363 e. The zero-order valence-electron chi connectivity index (χ0n) is 20.3. The molecule has 0 radical (unpaired) electrons. The summed E-state index contributed by atoms with van der Waals surface area (Å²) in [6.45, 7) is 9.19. The van der Waals surface area contributed by atoms with E-state index in [9.17, 15) is 4.79 Å². The van der Waals surface area contributed by atoms with Gasteiger partial charge in [0, 0.05) is 5.56 Å². The highest BCUT2D eigenvalue weighted by Crippen LogP contribution is 2.36. The molecular formula is C29H28INO4. The van der Waals surface area contributed by atoms with Gasteiger partial charge in [-0.1, -0.05) is 55.8 Å². The van der Waals surface area contributed by atoms with Crippen molar-refractivity contribution in [2.24, 2.45) is 4.99 Å². The average Bonchev–Trinajstić information content (AvgIpc) is 3.20. The van der Waals surface area contributed by atoms with E-state index >= 15 is 0 Å². The monoisotopic (exact) mass is 581 g/mol. The van der Waals surface area contributed by atoms with E-state index < -0.39 is 5.97 Å². The molecule has 1 aliphatic rings. The molecule has 0 spiro atoms. The first-order valence-corrected chi connectivity index (χ1v) is 12.7. The van der Waals surface area contributed by atoms with Gasteiger partial charge in [0.25, 0.3) is 0 Å². The van der Waals surface area contributed by atoms with E-state index in [-0.39, 0.29) is 5.70 Å². The fourth-order valence-electron chi connectivity index (χ4n) is 3.62. The molecular weight excluding hydrogens is 553 g/mol. The smallest absolute Gasteiger partial charge is 0.363 e. The molecule has 0 amide bonds. The molecule has 0 bridgehead atoms. The molecule has 0 aromatic heterocycles. The van der Waals surface area contributed by atoms with E-state index in [0.29, 0.717) is 36.5 Å². The molecule has 0 atom stereocenters. The lowest BCUT2D eigenvalue weighted by Gasteiger charge is -2.15. The van der Waals surface area contributed by atoms with E-state index in [1.807, 2.05) is 43.3 Å². The largest absolute Gasteiger partial charge is 0.490 e. The molecule has 0 saturated heterocycles. The third kappa shape index (κ3) is 6.11. The van der Waals surface area contributed by atoms with Crippen LogP contribution in [0.4, 0.5) is 0 Å². The summed E-state index contributed by atoms with van der Waals surface area (Å²) in [6, 6.07) is 20.0. The van der Waals surface area contributed by atoms with Crippen LogP contribution in [0.3, 0.4) is 0 Å². The zero-order chi connectivity index (χ0) is 24.9. The van der Waals surface area contributed by atoms with Gasteiger partial charge in [-0.2, -0.15) is 0 Å². The number of carbonyl (C=O) groups is 1. The molecule has 35 heavy (non-hydrogen) atoms. The van der Waals surface area contributed by atoms with Gasteiger partial charge in [-0.05, 0) is 89.4 Å². The lowest BCUT2D eigenvalue weighted by molar-refractivity contribution is -0.129. The van der Waals surface area contributed by atoms with Gasteiger partial charge >= 0.3 is 5.97 Å².